The highest BCUT2D eigenvalue weighted by atomic mass is 32.2. The van der Waals surface area contributed by atoms with Crippen LogP contribution in [0.2, 0.25) is 0 Å². The van der Waals surface area contributed by atoms with Crippen LogP contribution in [0.4, 0.5) is 0 Å². The lowest BCUT2D eigenvalue weighted by atomic mass is 10.1. The highest BCUT2D eigenvalue weighted by Gasteiger charge is 2.31. The van der Waals surface area contributed by atoms with Crippen LogP contribution in [0.1, 0.15) is 47.0 Å². The van der Waals surface area contributed by atoms with E-state index >= 15 is 0 Å². The van der Waals surface area contributed by atoms with Gasteiger partial charge in [-0.3, -0.25) is 4.68 Å². The van der Waals surface area contributed by atoms with Crippen LogP contribution in [0.5, 0.6) is 5.75 Å². The van der Waals surface area contributed by atoms with Crippen molar-refractivity contribution >= 4 is 9.84 Å². The van der Waals surface area contributed by atoms with Gasteiger partial charge >= 0.3 is 0 Å². The van der Waals surface area contributed by atoms with E-state index in [1.807, 2.05) is 11.6 Å². The van der Waals surface area contributed by atoms with Crippen LogP contribution < -0.4 is 4.74 Å². The molecule has 0 amide bonds. The van der Waals surface area contributed by atoms with Gasteiger partial charge in [0, 0.05) is 24.3 Å². The molecule has 0 radical (unpaired) electrons. The number of ether oxygens (including phenoxy) is 1. The largest absolute Gasteiger partial charge is 0.493 e. The maximum Gasteiger partial charge on any atom is 0.152 e. The van der Waals surface area contributed by atoms with Crippen molar-refractivity contribution in [3.63, 3.8) is 0 Å². The molecule has 6 nitrogen and oxygen atoms in total. The van der Waals surface area contributed by atoms with E-state index in [9.17, 15) is 8.42 Å². The molecular formula is C22H33N3O3S. The molecule has 1 aromatic heterocycles. The third kappa shape index (κ3) is 5.39. The van der Waals surface area contributed by atoms with Crippen LogP contribution in [-0.4, -0.2) is 54.8 Å². The molecule has 2 aromatic rings. The molecule has 0 aliphatic carbocycles. The Bertz CT molecular complexity index is 966. The van der Waals surface area contributed by atoms with Crippen LogP contribution in [-0.2, 0) is 16.4 Å². The van der Waals surface area contributed by atoms with Gasteiger partial charge in [-0.25, -0.2) is 8.42 Å². The molecule has 3 rings (SSSR count). The van der Waals surface area contributed by atoms with Gasteiger partial charge in [0.15, 0.2) is 9.84 Å². The van der Waals surface area contributed by atoms with E-state index in [0.717, 1.165) is 42.2 Å². The first-order chi connectivity index (χ1) is 13.7. The fraction of sp³-hybridized carbons (Fsp3) is 0.591. The molecule has 0 bridgehead atoms. The van der Waals surface area contributed by atoms with Gasteiger partial charge in [-0.05, 0) is 64.8 Å². The molecular weight excluding hydrogens is 386 g/mol. The molecule has 0 spiro atoms. The molecule has 0 N–H and O–H groups in total. The normalized spacial score (nSPS) is 18.5. The summed E-state index contributed by atoms with van der Waals surface area (Å²) in [6.45, 7) is 10.6. The quantitative estimate of drug-likeness (QED) is 0.614. The molecule has 1 aliphatic rings. The lowest BCUT2D eigenvalue weighted by Crippen LogP contribution is -2.22. The summed E-state index contributed by atoms with van der Waals surface area (Å²) in [5.74, 6) is 1.44. The monoisotopic (exact) mass is 419 g/mol. The molecule has 29 heavy (non-hydrogen) atoms. The summed E-state index contributed by atoms with van der Waals surface area (Å²) in [7, 11) is -0.811. The van der Waals surface area contributed by atoms with Crippen LogP contribution in [0.15, 0.2) is 18.2 Å². The molecule has 0 unspecified atom stereocenters. The zero-order chi connectivity index (χ0) is 21.2. The third-order valence-corrected chi connectivity index (χ3v) is 7.49. The second-order valence-corrected chi connectivity index (χ2v) is 10.6. The summed E-state index contributed by atoms with van der Waals surface area (Å²) in [5, 5.41) is 4.67. The number of aromatic nitrogens is 2. The van der Waals surface area contributed by atoms with E-state index < -0.39 is 9.84 Å². The molecule has 0 saturated carbocycles. The van der Waals surface area contributed by atoms with Crippen molar-refractivity contribution in [1.29, 1.82) is 0 Å². The van der Waals surface area contributed by atoms with Crippen molar-refractivity contribution in [2.24, 2.45) is 0 Å². The molecule has 1 aliphatic heterocycles. The number of rotatable bonds is 8. The second-order valence-electron chi connectivity index (χ2n) is 8.36. The molecule has 1 fully saturated rings. The summed E-state index contributed by atoms with van der Waals surface area (Å²) < 4.78 is 31.5. The third-order valence-electron chi connectivity index (χ3n) is 5.74. The highest BCUT2D eigenvalue weighted by molar-refractivity contribution is 7.91. The van der Waals surface area contributed by atoms with Crippen molar-refractivity contribution in [3.05, 3.63) is 46.3 Å². The van der Waals surface area contributed by atoms with Crippen molar-refractivity contribution in [3.8, 4) is 5.75 Å². The Morgan fingerprint density at radius 2 is 2.00 bits per heavy atom. The van der Waals surface area contributed by atoms with E-state index in [-0.39, 0.29) is 17.5 Å². The van der Waals surface area contributed by atoms with Crippen molar-refractivity contribution < 1.29 is 13.2 Å². The zero-order valence-corrected chi connectivity index (χ0v) is 19.1. The molecule has 1 saturated heterocycles. The molecule has 1 aromatic carbocycles. The Hall–Kier alpha value is -1.86. The maximum atomic E-state index is 11.8. The first kappa shape index (κ1) is 21.8. The maximum absolute atomic E-state index is 11.8. The summed E-state index contributed by atoms with van der Waals surface area (Å²) in [5.41, 5.74) is 5.65. The van der Waals surface area contributed by atoms with Gasteiger partial charge < -0.3 is 9.64 Å². The predicted octanol–water partition coefficient (Wildman–Crippen LogP) is 3.38. The van der Waals surface area contributed by atoms with Crippen LogP contribution in [0.3, 0.4) is 0 Å². The van der Waals surface area contributed by atoms with Crippen LogP contribution >= 0.6 is 0 Å². The van der Waals surface area contributed by atoms with Crippen molar-refractivity contribution in [2.75, 3.05) is 31.7 Å². The van der Waals surface area contributed by atoms with E-state index in [0.29, 0.717) is 13.0 Å². The Morgan fingerprint density at radius 3 is 2.69 bits per heavy atom. The zero-order valence-electron chi connectivity index (χ0n) is 18.2. The molecule has 7 heteroatoms. The number of aryl methyl sites for hydroxylation is 3. The van der Waals surface area contributed by atoms with E-state index in [2.05, 4.69) is 56.0 Å². The lowest BCUT2D eigenvalue weighted by Gasteiger charge is -2.18. The van der Waals surface area contributed by atoms with E-state index in [4.69, 9.17) is 4.74 Å². The molecule has 2 heterocycles. The smallest absolute Gasteiger partial charge is 0.152 e. The van der Waals surface area contributed by atoms with Gasteiger partial charge in [0.2, 0.25) is 0 Å². The Balaban J connectivity index is 1.53. The fourth-order valence-corrected chi connectivity index (χ4v) is 5.67. The van der Waals surface area contributed by atoms with E-state index in [1.54, 1.807) is 0 Å². The van der Waals surface area contributed by atoms with Gasteiger partial charge in [0.05, 0.1) is 29.8 Å². The average Bonchev–Trinajstić information content (AvgIpc) is 3.15. The fourth-order valence-electron chi connectivity index (χ4n) is 3.98. The first-order valence-corrected chi connectivity index (χ1v) is 12.1. The minimum absolute atomic E-state index is 0.0243. The topological polar surface area (TPSA) is 64.4 Å². The van der Waals surface area contributed by atoms with E-state index in [1.165, 1.54) is 11.1 Å². The predicted molar refractivity (Wildman–Crippen MR) is 116 cm³/mol. The SMILES string of the molecule is Cc1ccc(C)c(OCCCN(C)Cc2c(C)nn([C@@H]3CCS(=O)(=O)C3)c2C)c1. The Kier molecular flexibility index (Phi) is 6.69. The lowest BCUT2D eigenvalue weighted by molar-refractivity contribution is 0.257. The van der Waals surface area contributed by atoms with Gasteiger partial charge in [0.1, 0.15) is 5.75 Å². The molecule has 1 atom stereocenters. The van der Waals surface area contributed by atoms with Crippen LogP contribution in [0.25, 0.3) is 0 Å². The number of benzene rings is 1. The Morgan fingerprint density at radius 1 is 1.24 bits per heavy atom. The summed E-state index contributed by atoms with van der Waals surface area (Å²) >= 11 is 0. The highest BCUT2D eigenvalue weighted by Crippen LogP contribution is 2.27. The minimum atomic E-state index is -2.92. The Labute approximate surface area is 174 Å². The molecule has 160 valence electrons. The standard InChI is InChI=1S/C22H33N3O3S/c1-16-7-8-17(2)22(13-16)28-11-6-10-24(5)14-21-18(3)23-25(19(21)4)20-9-12-29(26,27)15-20/h7-8,13,20H,6,9-12,14-15H2,1-5H3/t20-/m1/s1. The number of sulfone groups is 1. The first-order valence-electron chi connectivity index (χ1n) is 10.3. The van der Waals surface area contributed by atoms with Crippen molar-refractivity contribution in [2.45, 2.75) is 53.1 Å². The summed E-state index contributed by atoms with van der Waals surface area (Å²) in [6, 6.07) is 6.25. The summed E-state index contributed by atoms with van der Waals surface area (Å²) in [6.07, 6.45) is 1.60. The average molecular weight is 420 g/mol. The second kappa shape index (κ2) is 8.88. The van der Waals surface area contributed by atoms with Gasteiger partial charge in [-0.1, -0.05) is 12.1 Å². The van der Waals surface area contributed by atoms with Gasteiger partial charge in [-0.2, -0.15) is 5.10 Å². The van der Waals surface area contributed by atoms with Gasteiger partial charge in [0.25, 0.3) is 0 Å². The minimum Gasteiger partial charge on any atom is -0.493 e. The number of hydrogen-bond donors (Lipinski definition) is 0. The number of hydrogen-bond acceptors (Lipinski definition) is 5. The van der Waals surface area contributed by atoms with Crippen LogP contribution in [0, 0.1) is 27.7 Å². The van der Waals surface area contributed by atoms with Crippen molar-refractivity contribution in [1.82, 2.24) is 14.7 Å². The number of nitrogens with zero attached hydrogens (tertiary/aromatic N) is 3. The van der Waals surface area contributed by atoms with Gasteiger partial charge in [-0.15, -0.1) is 0 Å². The summed E-state index contributed by atoms with van der Waals surface area (Å²) in [4.78, 5) is 2.28.